The summed E-state index contributed by atoms with van der Waals surface area (Å²) in [6, 6.07) is 0. The molecule has 2 aromatic rings. The second kappa shape index (κ2) is 2.88. The molecule has 0 fully saturated rings. The van der Waals surface area contributed by atoms with Crippen LogP contribution < -0.4 is 0 Å². The van der Waals surface area contributed by atoms with Crippen LogP contribution >= 0.6 is 22.9 Å². The first-order valence-electron chi connectivity index (χ1n) is 3.37. The maximum absolute atomic E-state index is 5.80. The number of halogens is 1. The molecule has 2 heterocycles. The van der Waals surface area contributed by atoms with Crippen molar-refractivity contribution < 1.29 is 0 Å². The molecular weight excluding hydrogens is 194 g/mol. The SMILES string of the molecule is Cc1cscc1-n1cnnc1Cl. The van der Waals surface area contributed by atoms with Crippen LogP contribution in [-0.2, 0) is 0 Å². The largest absolute Gasteiger partial charge is 0.271 e. The molecule has 0 saturated carbocycles. The normalized spacial score (nSPS) is 10.5. The maximum atomic E-state index is 5.80. The quantitative estimate of drug-likeness (QED) is 0.706. The van der Waals surface area contributed by atoms with Crippen LogP contribution in [0.5, 0.6) is 0 Å². The molecule has 0 aliphatic carbocycles. The first kappa shape index (κ1) is 7.76. The average Bonchev–Trinajstić information content (AvgIpc) is 2.59. The summed E-state index contributed by atoms with van der Waals surface area (Å²) in [7, 11) is 0. The van der Waals surface area contributed by atoms with Gasteiger partial charge in [-0.25, -0.2) is 0 Å². The zero-order valence-electron chi connectivity index (χ0n) is 6.36. The average molecular weight is 200 g/mol. The summed E-state index contributed by atoms with van der Waals surface area (Å²) in [4.78, 5) is 0. The van der Waals surface area contributed by atoms with E-state index in [4.69, 9.17) is 11.6 Å². The maximum Gasteiger partial charge on any atom is 0.229 e. The van der Waals surface area contributed by atoms with E-state index < -0.39 is 0 Å². The standard InChI is InChI=1S/C7H6ClN3S/c1-5-2-12-3-6(5)11-4-9-10-7(11)8/h2-4H,1H3. The van der Waals surface area contributed by atoms with E-state index in [-0.39, 0.29) is 0 Å². The van der Waals surface area contributed by atoms with Crippen molar-refractivity contribution in [1.29, 1.82) is 0 Å². The van der Waals surface area contributed by atoms with Crippen molar-refractivity contribution >= 4 is 22.9 Å². The minimum absolute atomic E-state index is 0.400. The second-order valence-electron chi connectivity index (χ2n) is 2.41. The molecule has 0 aromatic carbocycles. The van der Waals surface area contributed by atoms with Crippen LogP contribution in [0.15, 0.2) is 17.1 Å². The Kier molecular flexibility index (Phi) is 1.86. The van der Waals surface area contributed by atoms with E-state index in [1.165, 1.54) is 5.56 Å². The van der Waals surface area contributed by atoms with Gasteiger partial charge in [0.05, 0.1) is 5.69 Å². The molecule has 12 heavy (non-hydrogen) atoms. The summed E-state index contributed by atoms with van der Waals surface area (Å²) >= 11 is 7.44. The van der Waals surface area contributed by atoms with Crippen molar-refractivity contribution in [3.8, 4) is 5.69 Å². The molecule has 2 aromatic heterocycles. The van der Waals surface area contributed by atoms with Gasteiger partial charge in [0, 0.05) is 5.38 Å². The third kappa shape index (κ3) is 1.13. The van der Waals surface area contributed by atoms with E-state index >= 15 is 0 Å². The fraction of sp³-hybridized carbons (Fsp3) is 0.143. The summed E-state index contributed by atoms with van der Waals surface area (Å²) < 4.78 is 1.76. The summed E-state index contributed by atoms with van der Waals surface area (Å²) in [6.45, 7) is 2.03. The van der Waals surface area contributed by atoms with Gasteiger partial charge >= 0.3 is 0 Å². The van der Waals surface area contributed by atoms with Gasteiger partial charge in [-0.2, -0.15) is 0 Å². The summed E-state index contributed by atoms with van der Waals surface area (Å²) in [6.07, 6.45) is 1.61. The van der Waals surface area contributed by atoms with E-state index in [2.05, 4.69) is 15.6 Å². The number of hydrogen-bond acceptors (Lipinski definition) is 3. The summed E-state index contributed by atoms with van der Waals surface area (Å²) in [5.41, 5.74) is 2.23. The molecule has 0 saturated heterocycles. The van der Waals surface area contributed by atoms with Crippen molar-refractivity contribution in [3.63, 3.8) is 0 Å². The van der Waals surface area contributed by atoms with Gasteiger partial charge in [-0.3, -0.25) is 4.57 Å². The highest BCUT2D eigenvalue weighted by atomic mass is 35.5. The summed E-state index contributed by atoms with van der Waals surface area (Å²) in [5, 5.41) is 11.9. The molecule has 2 rings (SSSR count). The predicted octanol–water partition coefficient (Wildman–Crippen LogP) is 2.29. The highest BCUT2D eigenvalue weighted by Gasteiger charge is 2.05. The molecule has 5 heteroatoms. The molecular formula is C7H6ClN3S. The lowest BCUT2D eigenvalue weighted by molar-refractivity contribution is 1.05. The Balaban J connectivity index is 2.57. The molecule has 0 radical (unpaired) electrons. The minimum atomic E-state index is 0.400. The number of nitrogens with zero attached hydrogens (tertiary/aromatic N) is 3. The third-order valence-corrected chi connectivity index (χ3v) is 2.70. The molecule has 0 N–H and O–H groups in total. The first-order chi connectivity index (χ1) is 5.79. The van der Waals surface area contributed by atoms with E-state index in [0.717, 1.165) is 5.69 Å². The molecule has 0 aliphatic heterocycles. The predicted molar refractivity (Wildman–Crippen MR) is 49.0 cm³/mol. The van der Waals surface area contributed by atoms with Crippen LogP contribution in [0.1, 0.15) is 5.56 Å². The molecule has 3 nitrogen and oxygen atoms in total. The van der Waals surface area contributed by atoms with Crippen molar-refractivity contribution in [2.45, 2.75) is 6.92 Å². The number of thiophene rings is 1. The molecule has 0 aliphatic rings. The van der Waals surface area contributed by atoms with Gasteiger partial charge in [-0.05, 0) is 29.5 Å². The van der Waals surface area contributed by atoms with Gasteiger partial charge < -0.3 is 0 Å². The van der Waals surface area contributed by atoms with Gasteiger partial charge in [-0.1, -0.05) is 0 Å². The van der Waals surface area contributed by atoms with Crippen molar-refractivity contribution in [3.05, 3.63) is 27.9 Å². The second-order valence-corrected chi connectivity index (χ2v) is 3.49. The number of aryl methyl sites for hydroxylation is 1. The lowest BCUT2D eigenvalue weighted by Crippen LogP contribution is -1.91. The van der Waals surface area contributed by atoms with Crippen molar-refractivity contribution in [2.75, 3.05) is 0 Å². The Morgan fingerprint density at radius 1 is 1.50 bits per heavy atom. The van der Waals surface area contributed by atoms with Gasteiger partial charge in [0.2, 0.25) is 5.28 Å². The molecule has 0 atom stereocenters. The van der Waals surface area contributed by atoms with Gasteiger partial charge in [0.1, 0.15) is 6.33 Å². The number of aromatic nitrogens is 3. The molecule has 0 spiro atoms. The smallest absolute Gasteiger partial charge is 0.229 e. The first-order valence-corrected chi connectivity index (χ1v) is 4.70. The van der Waals surface area contributed by atoms with E-state index in [9.17, 15) is 0 Å². The van der Waals surface area contributed by atoms with E-state index in [0.29, 0.717) is 5.28 Å². The van der Waals surface area contributed by atoms with Gasteiger partial charge in [0.15, 0.2) is 0 Å². The van der Waals surface area contributed by atoms with Crippen LogP contribution in [0.25, 0.3) is 5.69 Å². The highest BCUT2D eigenvalue weighted by molar-refractivity contribution is 7.08. The Hall–Kier alpha value is -0.870. The summed E-state index contributed by atoms with van der Waals surface area (Å²) in [5.74, 6) is 0. The Morgan fingerprint density at radius 3 is 2.83 bits per heavy atom. The van der Waals surface area contributed by atoms with Crippen LogP contribution in [0.2, 0.25) is 5.28 Å². The van der Waals surface area contributed by atoms with Crippen molar-refractivity contribution in [1.82, 2.24) is 14.8 Å². The Labute approximate surface area is 78.6 Å². The van der Waals surface area contributed by atoms with Gasteiger partial charge in [0.25, 0.3) is 0 Å². The fourth-order valence-corrected chi connectivity index (χ4v) is 1.98. The van der Waals surface area contributed by atoms with E-state index in [1.54, 1.807) is 22.2 Å². The van der Waals surface area contributed by atoms with Crippen LogP contribution in [0.3, 0.4) is 0 Å². The van der Waals surface area contributed by atoms with E-state index in [1.807, 2.05) is 12.3 Å². The van der Waals surface area contributed by atoms with Crippen molar-refractivity contribution in [2.24, 2.45) is 0 Å². The van der Waals surface area contributed by atoms with Crippen LogP contribution in [0.4, 0.5) is 0 Å². The Morgan fingerprint density at radius 2 is 2.33 bits per heavy atom. The minimum Gasteiger partial charge on any atom is -0.271 e. The third-order valence-electron chi connectivity index (χ3n) is 1.59. The topological polar surface area (TPSA) is 30.7 Å². The molecule has 0 amide bonds. The monoisotopic (exact) mass is 199 g/mol. The zero-order valence-corrected chi connectivity index (χ0v) is 7.93. The lowest BCUT2D eigenvalue weighted by Gasteiger charge is -1.99. The molecule has 0 bridgehead atoms. The Bertz CT molecular complexity index is 355. The highest BCUT2D eigenvalue weighted by Crippen LogP contribution is 2.20. The molecule has 0 unspecified atom stereocenters. The lowest BCUT2D eigenvalue weighted by atomic mass is 10.3. The molecule has 62 valence electrons. The fourth-order valence-electron chi connectivity index (χ4n) is 0.983. The van der Waals surface area contributed by atoms with Crippen LogP contribution in [-0.4, -0.2) is 14.8 Å². The number of rotatable bonds is 1. The number of hydrogen-bond donors (Lipinski definition) is 0. The van der Waals surface area contributed by atoms with Crippen LogP contribution in [0, 0.1) is 6.92 Å². The van der Waals surface area contributed by atoms with Gasteiger partial charge in [-0.15, -0.1) is 21.5 Å². The zero-order chi connectivity index (χ0) is 8.55.